The first-order valence-electron chi connectivity index (χ1n) is 9.62. The molecule has 10 nitrogen and oxygen atoms in total. The fourth-order valence-electron chi connectivity index (χ4n) is 1.94. The lowest BCUT2D eigenvalue weighted by Crippen LogP contribution is -2.27. The van der Waals surface area contributed by atoms with Crippen LogP contribution < -0.4 is 9.47 Å². The molecule has 0 saturated carbocycles. The van der Waals surface area contributed by atoms with Crippen molar-refractivity contribution in [1.29, 1.82) is 0 Å². The molecule has 0 atom stereocenters. The van der Waals surface area contributed by atoms with E-state index in [1.807, 2.05) is 0 Å². The Hall–Kier alpha value is -3.56. The van der Waals surface area contributed by atoms with Crippen molar-refractivity contribution in [3.05, 3.63) is 36.4 Å². The van der Waals surface area contributed by atoms with Crippen molar-refractivity contribution in [3.8, 4) is 11.5 Å². The van der Waals surface area contributed by atoms with Crippen LogP contribution in [0.3, 0.4) is 0 Å². The van der Waals surface area contributed by atoms with Crippen molar-refractivity contribution in [1.82, 2.24) is 0 Å². The van der Waals surface area contributed by atoms with Gasteiger partial charge in [0.1, 0.15) is 24.4 Å². The normalized spacial score (nSPS) is 11.1. The summed E-state index contributed by atoms with van der Waals surface area (Å²) < 4.78 is 30.1. The van der Waals surface area contributed by atoms with Crippen LogP contribution in [0.5, 0.6) is 11.5 Å². The molecule has 0 radical (unpaired) electrons. The third-order valence-electron chi connectivity index (χ3n) is 3.07. The molecular weight excluding hydrogens is 424 g/mol. The van der Waals surface area contributed by atoms with Crippen molar-refractivity contribution in [3.63, 3.8) is 0 Å². The van der Waals surface area contributed by atoms with Crippen LogP contribution in [-0.2, 0) is 23.7 Å². The van der Waals surface area contributed by atoms with E-state index in [0.717, 1.165) is 12.1 Å². The van der Waals surface area contributed by atoms with Gasteiger partial charge in [-0.25, -0.2) is 19.2 Å². The SMILES string of the molecule is C=CC(=O)OCCOC(=O)c1ccc(OC(=O)OC(C)(C)C)c(OC(=O)OC(C)(C)C)c1. The zero-order chi connectivity index (χ0) is 24.5. The van der Waals surface area contributed by atoms with Crippen LogP contribution in [-0.4, -0.2) is 48.7 Å². The zero-order valence-electron chi connectivity index (χ0n) is 19.0. The Bertz CT molecular complexity index is 858. The lowest BCUT2D eigenvalue weighted by molar-refractivity contribution is -0.138. The van der Waals surface area contributed by atoms with Crippen LogP contribution in [0.15, 0.2) is 30.9 Å². The minimum Gasteiger partial charge on any atom is -0.459 e. The fourth-order valence-corrected chi connectivity index (χ4v) is 1.94. The molecule has 0 aromatic heterocycles. The Labute approximate surface area is 186 Å². The average molecular weight is 452 g/mol. The molecule has 0 aliphatic rings. The molecular formula is C22H28O10. The summed E-state index contributed by atoms with van der Waals surface area (Å²) in [6.07, 6.45) is -1.13. The van der Waals surface area contributed by atoms with Crippen molar-refractivity contribution >= 4 is 24.2 Å². The van der Waals surface area contributed by atoms with E-state index in [0.29, 0.717) is 0 Å². The number of esters is 2. The van der Waals surface area contributed by atoms with Crippen molar-refractivity contribution in [2.24, 2.45) is 0 Å². The van der Waals surface area contributed by atoms with Crippen LogP contribution in [0, 0.1) is 0 Å². The van der Waals surface area contributed by atoms with E-state index in [-0.39, 0.29) is 30.3 Å². The second-order valence-electron chi connectivity index (χ2n) is 8.30. The van der Waals surface area contributed by atoms with Crippen LogP contribution in [0.1, 0.15) is 51.9 Å². The number of ether oxygens (including phenoxy) is 6. The molecule has 0 fully saturated rings. The van der Waals surface area contributed by atoms with E-state index >= 15 is 0 Å². The Balaban J connectivity index is 3.00. The average Bonchev–Trinajstić information content (AvgIpc) is 2.63. The number of hydrogen-bond donors (Lipinski definition) is 0. The van der Waals surface area contributed by atoms with E-state index in [2.05, 4.69) is 6.58 Å². The molecule has 0 spiro atoms. The summed E-state index contributed by atoms with van der Waals surface area (Å²) in [6.45, 7) is 12.7. The van der Waals surface area contributed by atoms with Gasteiger partial charge in [-0.1, -0.05) is 6.58 Å². The van der Waals surface area contributed by atoms with Gasteiger partial charge in [0.2, 0.25) is 0 Å². The second-order valence-corrected chi connectivity index (χ2v) is 8.30. The summed E-state index contributed by atoms with van der Waals surface area (Å²) in [5.41, 5.74) is -1.68. The predicted octanol–water partition coefficient (Wildman–Crippen LogP) is 4.20. The highest BCUT2D eigenvalue weighted by molar-refractivity contribution is 5.90. The van der Waals surface area contributed by atoms with Gasteiger partial charge < -0.3 is 28.4 Å². The van der Waals surface area contributed by atoms with Gasteiger partial charge in [0.25, 0.3) is 0 Å². The van der Waals surface area contributed by atoms with E-state index in [9.17, 15) is 19.2 Å². The number of hydrogen-bond acceptors (Lipinski definition) is 10. The molecule has 0 unspecified atom stereocenters. The molecule has 1 aromatic carbocycles. The molecule has 1 rings (SSSR count). The van der Waals surface area contributed by atoms with Gasteiger partial charge in [0.05, 0.1) is 5.56 Å². The van der Waals surface area contributed by atoms with Gasteiger partial charge in [-0.3, -0.25) is 0 Å². The van der Waals surface area contributed by atoms with Gasteiger partial charge in [-0.15, -0.1) is 0 Å². The monoisotopic (exact) mass is 452 g/mol. The summed E-state index contributed by atoms with van der Waals surface area (Å²) in [5, 5.41) is 0. The minimum atomic E-state index is -1.08. The first kappa shape index (κ1) is 26.5. The lowest BCUT2D eigenvalue weighted by atomic mass is 10.2. The number of rotatable bonds is 7. The highest BCUT2D eigenvalue weighted by Crippen LogP contribution is 2.30. The predicted molar refractivity (Wildman–Crippen MR) is 112 cm³/mol. The molecule has 0 saturated heterocycles. The third kappa shape index (κ3) is 10.5. The standard InChI is InChI=1S/C22H28O10/c1-8-17(23)27-11-12-28-18(24)14-9-10-15(29-19(25)31-21(2,3)4)16(13-14)30-20(26)32-22(5,6)7/h8-10,13H,1,11-12H2,2-7H3. The van der Waals surface area contributed by atoms with Gasteiger partial charge in [0.15, 0.2) is 11.5 Å². The largest absolute Gasteiger partial charge is 0.514 e. The lowest BCUT2D eigenvalue weighted by Gasteiger charge is -2.21. The first-order chi connectivity index (χ1) is 14.7. The Morgan fingerprint density at radius 2 is 1.31 bits per heavy atom. The van der Waals surface area contributed by atoms with Gasteiger partial charge >= 0.3 is 24.2 Å². The molecule has 0 N–H and O–H groups in total. The zero-order valence-corrected chi connectivity index (χ0v) is 19.0. The summed E-state index contributed by atoms with van der Waals surface area (Å²) in [4.78, 5) is 47.4. The third-order valence-corrected chi connectivity index (χ3v) is 3.07. The summed E-state index contributed by atoms with van der Waals surface area (Å²) in [7, 11) is 0. The summed E-state index contributed by atoms with van der Waals surface area (Å²) in [5.74, 6) is -1.89. The van der Waals surface area contributed by atoms with E-state index in [1.54, 1.807) is 41.5 Å². The van der Waals surface area contributed by atoms with Crippen molar-refractivity contribution < 1.29 is 47.6 Å². The molecule has 10 heteroatoms. The molecule has 1 aromatic rings. The molecule has 0 aliphatic carbocycles. The van der Waals surface area contributed by atoms with Gasteiger partial charge in [0, 0.05) is 6.08 Å². The van der Waals surface area contributed by atoms with Crippen LogP contribution in [0.2, 0.25) is 0 Å². The van der Waals surface area contributed by atoms with Crippen molar-refractivity contribution in [2.45, 2.75) is 52.7 Å². The Kier molecular flexibility index (Phi) is 9.24. The molecule has 0 amide bonds. The molecule has 0 bridgehead atoms. The van der Waals surface area contributed by atoms with Crippen LogP contribution in [0.25, 0.3) is 0 Å². The highest BCUT2D eigenvalue weighted by Gasteiger charge is 2.24. The highest BCUT2D eigenvalue weighted by atomic mass is 16.8. The summed E-state index contributed by atoms with van der Waals surface area (Å²) in [6, 6.07) is 3.67. The maximum Gasteiger partial charge on any atom is 0.514 e. The smallest absolute Gasteiger partial charge is 0.459 e. The number of carbonyl (C=O) groups excluding carboxylic acids is 4. The molecule has 0 aliphatic heterocycles. The number of carbonyl (C=O) groups is 4. The van der Waals surface area contributed by atoms with Crippen LogP contribution in [0.4, 0.5) is 9.59 Å². The molecule has 32 heavy (non-hydrogen) atoms. The fraction of sp³-hybridized carbons (Fsp3) is 0.455. The van der Waals surface area contributed by atoms with Gasteiger partial charge in [-0.05, 0) is 59.7 Å². The molecule has 0 heterocycles. The topological polar surface area (TPSA) is 124 Å². The van der Waals surface area contributed by atoms with E-state index in [4.69, 9.17) is 28.4 Å². The van der Waals surface area contributed by atoms with Crippen LogP contribution >= 0.6 is 0 Å². The first-order valence-corrected chi connectivity index (χ1v) is 9.62. The Morgan fingerprint density at radius 1 is 0.812 bits per heavy atom. The van der Waals surface area contributed by atoms with E-state index in [1.165, 1.54) is 12.1 Å². The second kappa shape index (κ2) is 11.2. The Morgan fingerprint density at radius 3 is 1.81 bits per heavy atom. The van der Waals surface area contributed by atoms with Crippen molar-refractivity contribution in [2.75, 3.05) is 13.2 Å². The summed E-state index contributed by atoms with van der Waals surface area (Å²) >= 11 is 0. The quantitative estimate of drug-likeness (QED) is 0.195. The van der Waals surface area contributed by atoms with Gasteiger partial charge in [-0.2, -0.15) is 0 Å². The number of benzene rings is 1. The maximum absolute atomic E-state index is 12.3. The van der Waals surface area contributed by atoms with E-state index < -0.39 is 35.5 Å². The maximum atomic E-state index is 12.3. The minimum absolute atomic E-state index is 0.0184. The molecule has 176 valence electrons.